The van der Waals surface area contributed by atoms with Crippen molar-refractivity contribution in [3.8, 4) is 0 Å². The predicted molar refractivity (Wildman–Crippen MR) is 125 cm³/mol. The highest BCUT2D eigenvalue weighted by Crippen LogP contribution is 2.32. The van der Waals surface area contributed by atoms with Crippen molar-refractivity contribution in [2.24, 2.45) is 0 Å². The summed E-state index contributed by atoms with van der Waals surface area (Å²) in [6, 6.07) is 16.0. The Kier molecular flexibility index (Phi) is 6.58. The molecule has 1 N–H and O–H groups in total. The maximum Gasteiger partial charge on any atom is 0.241 e. The lowest BCUT2D eigenvalue weighted by atomic mass is 9.96. The van der Waals surface area contributed by atoms with Crippen LogP contribution in [0.2, 0.25) is 0 Å². The first kappa shape index (κ1) is 20.7. The van der Waals surface area contributed by atoms with E-state index in [4.69, 9.17) is 0 Å². The van der Waals surface area contributed by atoms with Crippen molar-refractivity contribution < 1.29 is 9.59 Å². The van der Waals surface area contributed by atoms with Crippen molar-refractivity contribution in [3.05, 3.63) is 59.8 Å². The summed E-state index contributed by atoms with van der Waals surface area (Å²) in [5.41, 5.74) is 4.41. The number of unbranched alkanes of at least 4 members (excludes halogenated alkanes) is 1. The minimum atomic E-state index is 0.0525. The molecular formula is C25H28N2O2S. The van der Waals surface area contributed by atoms with Crippen LogP contribution in [0.25, 0.3) is 10.9 Å². The van der Waals surface area contributed by atoms with E-state index in [1.807, 2.05) is 34.9 Å². The molecule has 0 atom stereocenters. The molecule has 1 aliphatic carbocycles. The van der Waals surface area contributed by atoms with Crippen LogP contribution in [0.3, 0.4) is 0 Å². The summed E-state index contributed by atoms with van der Waals surface area (Å²) in [5.74, 6) is 0.584. The van der Waals surface area contributed by atoms with Crippen LogP contribution in [-0.4, -0.2) is 22.1 Å². The summed E-state index contributed by atoms with van der Waals surface area (Å²) in [7, 11) is 0. The van der Waals surface area contributed by atoms with Crippen molar-refractivity contribution in [1.82, 2.24) is 4.57 Å². The minimum Gasteiger partial charge on any atom is -0.326 e. The zero-order chi connectivity index (χ0) is 20.9. The molecule has 1 heterocycles. The summed E-state index contributed by atoms with van der Waals surface area (Å²) in [5, 5.41) is 4.16. The van der Waals surface area contributed by atoms with Crippen molar-refractivity contribution in [2.45, 2.75) is 56.8 Å². The van der Waals surface area contributed by atoms with Crippen LogP contribution in [0.5, 0.6) is 0 Å². The van der Waals surface area contributed by atoms with Gasteiger partial charge < -0.3 is 5.32 Å². The number of carbonyl (C=O) groups is 2. The Morgan fingerprint density at radius 3 is 2.60 bits per heavy atom. The van der Waals surface area contributed by atoms with Crippen molar-refractivity contribution in [2.75, 3.05) is 11.1 Å². The molecule has 0 aliphatic heterocycles. The molecule has 156 valence electrons. The highest BCUT2D eigenvalue weighted by molar-refractivity contribution is 8.00. The standard InChI is InChI=1S/C25H28N2O2S/c1-2-3-12-24(28)26-18-13-15-19(16-14-18)30-17-25(29)27-22-10-6-4-8-20(22)21-9-5-7-11-23(21)27/h4,6,8,10,13-16H,2-3,5,7,9,11-12,17H2,1H3,(H,26,28). The molecule has 0 spiro atoms. The van der Waals surface area contributed by atoms with Crippen LogP contribution in [0.1, 0.15) is 55.1 Å². The van der Waals surface area contributed by atoms with Gasteiger partial charge in [-0.3, -0.25) is 14.2 Å². The van der Waals surface area contributed by atoms with Crippen LogP contribution >= 0.6 is 11.8 Å². The van der Waals surface area contributed by atoms with E-state index in [1.54, 1.807) is 11.8 Å². The zero-order valence-corrected chi connectivity index (χ0v) is 18.3. The normalized spacial score (nSPS) is 13.2. The van der Waals surface area contributed by atoms with Crippen LogP contribution in [0, 0.1) is 0 Å². The summed E-state index contributed by atoms with van der Waals surface area (Å²) in [4.78, 5) is 26.1. The van der Waals surface area contributed by atoms with E-state index in [0.717, 1.165) is 48.2 Å². The second-order valence-corrected chi connectivity index (χ2v) is 8.89. The SMILES string of the molecule is CCCCC(=O)Nc1ccc(SCC(=O)n2c3c(c4ccccc42)CCCC3)cc1. The number of amides is 1. The van der Waals surface area contributed by atoms with Gasteiger partial charge in [0, 0.05) is 28.1 Å². The van der Waals surface area contributed by atoms with Crippen molar-refractivity contribution in [3.63, 3.8) is 0 Å². The fraction of sp³-hybridized carbons (Fsp3) is 0.360. The second-order valence-electron chi connectivity index (χ2n) is 7.84. The van der Waals surface area contributed by atoms with Crippen molar-refractivity contribution >= 4 is 40.2 Å². The molecule has 0 saturated carbocycles. The van der Waals surface area contributed by atoms with Crippen LogP contribution in [0.15, 0.2) is 53.4 Å². The number of anilines is 1. The monoisotopic (exact) mass is 420 g/mol. The molecule has 4 rings (SSSR count). The van der Waals surface area contributed by atoms with Gasteiger partial charge in [-0.1, -0.05) is 31.5 Å². The molecule has 1 aliphatic rings. The number of carbonyl (C=O) groups excluding carboxylic acids is 2. The molecule has 0 unspecified atom stereocenters. The van der Waals surface area contributed by atoms with Gasteiger partial charge in [0.1, 0.15) is 0 Å². The molecule has 30 heavy (non-hydrogen) atoms. The third-order valence-corrected chi connectivity index (χ3v) is 6.68. The second kappa shape index (κ2) is 9.52. The number of fused-ring (bicyclic) bond motifs is 3. The number of hydrogen-bond donors (Lipinski definition) is 1. The lowest BCUT2D eigenvalue weighted by Crippen LogP contribution is -2.18. The fourth-order valence-electron chi connectivity index (χ4n) is 4.19. The maximum absolute atomic E-state index is 13.2. The van der Waals surface area contributed by atoms with Gasteiger partial charge in [0.05, 0.1) is 11.3 Å². The Morgan fingerprint density at radius 2 is 1.80 bits per heavy atom. The van der Waals surface area contributed by atoms with Gasteiger partial charge >= 0.3 is 0 Å². The quantitative estimate of drug-likeness (QED) is 0.471. The Bertz CT molecular complexity index is 1050. The first-order valence-electron chi connectivity index (χ1n) is 10.8. The number of nitrogens with one attached hydrogen (secondary N) is 1. The van der Waals surface area contributed by atoms with E-state index in [2.05, 4.69) is 30.4 Å². The summed E-state index contributed by atoms with van der Waals surface area (Å²) in [6.07, 6.45) is 6.86. The summed E-state index contributed by atoms with van der Waals surface area (Å²) < 4.78 is 1.96. The lowest BCUT2D eigenvalue weighted by Gasteiger charge is -2.15. The minimum absolute atomic E-state index is 0.0525. The Morgan fingerprint density at radius 1 is 1.03 bits per heavy atom. The summed E-state index contributed by atoms with van der Waals surface area (Å²) in [6.45, 7) is 2.08. The van der Waals surface area contributed by atoms with Gasteiger partial charge in [0.15, 0.2) is 0 Å². The number of rotatable bonds is 7. The van der Waals surface area contributed by atoms with E-state index in [0.29, 0.717) is 12.2 Å². The van der Waals surface area contributed by atoms with E-state index in [1.165, 1.54) is 23.1 Å². The van der Waals surface area contributed by atoms with Gasteiger partial charge in [0.2, 0.25) is 11.8 Å². The molecule has 0 bridgehead atoms. The average Bonchev–Trinajstić information content (AvgIpc) is 3.11. The van der Waals surface area contributed by atoms with E-state index < -0.39 is 0 Å². The molecule has 5 heteroatoms. The third-order valence-electron chi connectivity index (χ3n) is 5.69. The van der Waals surface area contributed by atoms with Gasteiger partial charge in [-0.05, 0) is 68.0 Å². The van der Waals surface area contributed by atoms with E-state index in [-0.39, 0.29) is 11.8 Å². The molecule has 0 radical (unpaired) electrons. The highest BCUT2D eigenvalue weighted by atomic mass is 32.2. The number of nitrogens with zero attached hydrogens (tertiary/aromatic N) is 1. The van der Waals surface area contributed by atoms with Crippen LogP contribution in [0.4, 0.5) is 5.69 Å². The van der Waals surface area contributed by atoms with Crippen LogP contribution < -0.4 is 5.32 Å². The number of thioether (sulfide) groups is 1. The molecule has 1 amide bonds. The number of para-hydroxylation sites is 1. The van der Waals surface area contributed by atoms with E-state index in [9.17, 15) is 9.59 Å². The van der Waals surface area contributed by atoms with E-state index >= 15 is 0 Å². The lowest BCUT2D eigenvalue weighted by molar-refractivity contribution is -0.116. The predicted octanol–water partition coefficient (Wildman–Crippen LogP) is 6.08. The van der Waals surface area contributed by atoms with Crippen LogP contribution in [-0.2, 0) is 17.6 Å². The molecule has 0 fully saturated rings. The van der Waals surface area contributed by atoms with Crippen molar-refractivity contribution in [1.29, 1.82) is 0 Å². The van der Waals surface area contributed by atoms with Gasteiger partial charge in [-0.15, -0.1) is 11.8 Å². The smallest absolute Gasteiger partial charge is 0.241 e. The largest absolute Gasteiger partial charge is 0.326 e. The molecule has 4 nitrogen and oxygen atoms in total. The molecular weight excluding hydrogens is 392 g/mol. The number of hydrogen-bond acceptors (Lipinski definition) is 3. The molecule has 2 aromatic carbocycles. The number of aryl methyl sites for hydroxylation is 1. The topological polar surface area (TPSA) is 51.1 Å². The fourth-order valence-corrected chi connectivity index (χ4v) is 4.93. The highest BCUT2D eigenvalue weighted by Gasteiger charge is 2.23. The molecule has 0 saturated heterocycles. The molecule has 3 aromatic rings. The van der Waals surface area contributed by atoms with Gasteiger partial charge in [-0.2, -0.15) is 0 Å². The number of benzene rings is 2. The Balaban J connectivity index is 1.44. The number of aromatic nitrogens is 1. The first-order chi connectivity index (χ1) is 14.7. The van der Waals surface area contributed by atoms with Gasteiger partial charge in [0.25, 0.3) is 0 Å². The summed E-state index contributed by atoms with van der Waals surface area (Å²) >= 11 is 1.54. The molecule has 1 aromatic heterocycles. The Hall–Kier alpha value is -2.53. The Labute approximate surface area is 182 Å². The average molecular weight is 421 g/mol. The maximum atomic E-state index is 13.2. The zero-order valence-electron chi connectivity index (χ0n) is 17.4. The first-order valence-corrected chi connectivity index (χ1v) is 11.8. The third kappa shape index (κ3) is 4.46. The van der Waals surface area contributed by atoms with Gasteiger partial charge in [-0.25, -0.2) is 0 Å².